The summed E-state index contributed by atoms with van der Waals surface area (Å²) in [6, 6.07) is 11.9. The Morgan fingerprint density at radius 1 is 1.17 bits per heavy atom. The van der Waals surface area contributed by atoms with Gasteiger partial charge in [0.25, 0.3) is 0 Å². The summed E-state index contributed by atoms with van der Waals surface area (Å²) >= 11 is 0. The molecule has 0 atom stereocenters. The zero-order valence-electron chi connectivity index (χ0n) is 12.6. The summed E-state index contributed by atoms with van der Waals surface area (Å²) in [6.07, 6.45) is 1.04. The normalized spacial score (nSPS) is 15.9. The van der Waals surface area contributed by atoms with Crippen LogP contribution >= 0.6 is 0 Å². The first-order valence-corrected chi connectivity index (χ1v) is 7.71. The first-order valence-electron chi connectivity index (χ1n) is 7.71. The van der Waals surface area contributed by atoms with E-state index in [2.05, 4.69) is 9.97 Å². The van der Waals surface area contributed by atoms with Gasteiger partial charge in [-0.15, -0.1) is 0 Å². The summed E-state index contributed by atoms with van der Waals surface area (Å²) in [7, 11) is 0. The maximum absolute atomic E-state index is 12.9. The molecule has 1 aromatic carbocycles. The fourth-order valence-electron chi connectivity index (χ4n) is 2.97. The lowest BCUT2D eigenvalue weighted by atomic mass is 10.1. The van der Waals surface area contributed by atoms with Crippen molar-refractivity contribution in [1.29, 1.82) is 0 Å². The molecule has 2 aromatic heterocycles. The lowest BCUT2D eigenvalue weighted by molar-refractivity contribution is 0.0629. The summed E-state index contributed by atoms with van der Waals surface area (Å²) in [5.41, 5.74) is 3.23. The molecule has 5 nitrogen and oxygen atoms in total. The van der Waals surface area contributed by atoms with Crippen molar-refractivity contribution in [3.8, 4) is 11.1 Å². The summed E-state index contributed by atoms with van der Waals surface area (Å²) in [6.45, 7) is 2.13. The van der Waals surface area contributed by atoms with Crippen molar-refractivity contribution in [1.82, 2.24) is 19.4 Å². The third-order valence-electron chi connectivity index (χ3n) is 4.29. The Kier molecular flexibility index (Phi) is 3.46. The molecule has 3 aromatic rings. The number of aromatic nitrogens is 3. The van der Waals surface area contributed by atoms with Crippen LogP contribution in [0, 0.1) is 0 Å². The highest BCUT2D eigenvalue weighted by Gasteiger charge is 2.25. The highest BCUT2D eigenvalue weighted by atomic mass is 19.1. The van der Waals surface area contributed by atoms with Crippen LogP contribution in [0.25, 0.3) is 22.3 Å². The molecule has 1 fully saturated rings. The summed E-state index contributed by atoms with van der Waals surface area (Å²) in [5, 5.41) is 0. The molecule has 3 heterocycles. The lowest BCUT2D eigenvalue weighted by Crippen LogP contribution is -2.49. The maximum Gasteiger partial charge on any atom is 0.327 e. The van der Waals surface area contributed by atoms with Crippen LogP contribution in [0.2, 0.25) is 0 Å². The molecule has 0 spiro atoms. The molecule has 0 radical (unpaired) electrons. The van der Waals surface area contributed by atoms with Gasteiger partial charge in [-0.25, -0.2) is 14.2 Å². The SMILES string of the molecule is O=c1[nH]c2ncc(-c3ccccc3)cc2n1CCN1CC(F)C1. The van der Waals surface area contributed by atoms with E-state index in [1.165, 1.54) is 0 Å². The molecule has 1 saturated heterocycles. The third-order valence-corrected chi connectivity index (χ3v) is 4.29. The van der Waals surface area contributed by atoms with E-state index >= 15 is 0 Å². The van der Waals surface area contributed by atoms with Crippen molar-refractivity contribution < 1.29 is 4.39 Å². The van der Waals surface area contributed by atoms with Gasteiger partial charge in [0.15, 0.2) is 5.65 Å². The largest absolute Gasteiger partial charge is 0.327 e. The number of nitrogens with one attached hydrogen (secondary N) is 1. The average Bonchev–Trinajstić information content (AvgIpc) is 2.86. The average molecular weight is 312 g/mol. The highest BCUT2D eigenvalue weighted by molar-refractivity contribution is 5.78. The molecule has 6 heteroatoms. The van der Waals surface area contributed by atoms with Crippen LogP contribution in [-0.4, -0.2) is 45.2 Å². The Morgan fingerprint density at radius 3 is 2.70 bits per heavy atom. The quantitative estimate of drug-likeness (QED) is 0.802. The Labute approximate surface area is 132 Å². The smallest absolute Gasteiger partial charge is 0.296 e. The fraction of sp³-hybridized carbons (Fsp3) is 0.294. The van der Waals surface area contributed by atoms with Gasteiger partial charge < -0.3 is 0 Å². The number of pyridine rings is 1. The Morgan fingerprint density at radius 2 is 1.96 bits per heavy atom. The van der Waals surface area contributed by atoms with Crippen LogP contribution in [0.15, 0.2) is 47.4 Å². The standard InChI is InChI=1S/C17H17FN4O/c18-14-10-21(11-14)6-7-22-15-8-13(12-4-2-1-3-5-12)9-19-16(15)20-17(22)23/h1-5,8-9,14H,6-7,10-11H2,(H,19,20,23). The number of benzene rings is 1. The lowest BCUT2D eigenvalue weighted by Gasteiger charge is -2.34. The maximum atomic E-state index is 12.9. The van der Waals surface area contributed by atoms with Crippen LogP contribution in [0.5, 0.6) is 0 Å². The number of aromatic amines is 1. The number of halogens is 1. The number of likely N-dealkylation sites (tertiary alicyclic amines) is 1. The van der Waals surface area contributed by atoms with Gasteiger partial charge in [0, 0.05) is 37.9 Å². The van der Waals surface area contributed by atoms with E-state index < -0.39 is 6.17 Å². The second-order valence-electron chi connectivity index (χ2n) is 5.90. The van der Waals surface area contributed by atoms with E-state index in [0.29, 0.717) is 31.8 Å². The fourth-order valence-corrected chi connectivity index (χ4v) is 2.97. The van der Waals surface area contributed by atoms with Crippen LogP contribution in [0.1, 0.15) is 0 Å². The second-order valence-corrected chi connectivity index (χ2v) is 5.90. The molecular formula is C17H17FN4O. The Hall–Kier alpha value is -2.47. The molecule has 0 bridgehead atoms. The van der Waals surface area contributed by atoms with Crippen LogP contribution < -0.4 is 5.69 Å². The van der Waals surface area contributed by atoms with Gasteiger partial charge in [0.1, 0.15) is 6.17 Å². The summed E-state index contributed by atoms with van der Waals surface area (Å²) in [4.78, 5) is 21.3. The molecule has 0 aliphatic carbocycles. The van der Waals surface area contributed by atoms with Gasteiger partial charge in [-0.1, -0.05) is 30.3 Å². The van der Waals surface area contributed by atoms with E-state index in [1.807, 2.05) is 41.3 Å². The summed E-state index contributed by atoms with van der Waals surface area (Å²) in [5.74, 6) is 0. The van der Waals surface area contributed by atoms with Crippen LogP contribution in [-0.2, 0) is 6.54 Å². The van der Waals surface area contributed by atoms with E-state index in [1.54, 1.807) is 10.8 Å². The van der Waals surface area contributed by atoms with Crippen molar-refractivity contribution in [3.05, 3.63) is 53.1 Å². The second kappa shape index (κ2) is 5.62. The summed E-state index contributed by atoms with van der Waals surface area (Å²) < 4.78 is 14.6. The van der Waals surface area contributed by atoms with Gasteiger partial charge in [-0.3, -0.25) is 14.5 Å². The van der Waals surface area contributed by atoms with Crippen molar-refractivity contribution >= 4 is 11.2 Å². The molecule has 1 aliphatic heterocycles. The molecule has 1 aliphatic rings. The molecule has 0 amide bonds. The minimum atomic E-state index is -0.721. The number of nitrogens with zero attached hydrogens (tertiary/aromatic N) is 3. The third kappa shape index (κ3) is 2.66. The number of imidazole rings is 1. The molecular weight excluding hydrogens is 295 g/mol. The van der Waals surface area contributed by atoms with E-state index in [-0.39, 0.29) is 5.69 Å². The highest BCUT2D eigenvalue weighted by Crippen LogP contribution is 2.21. The van der Waals surface area contributed by atoms with Crippen LogP contribution in [0.3, 0.4) is 0 Å². The number of fused-ring (bicyclic) bond motifs is 1. The molecule has 0 unspecified atom stereocenters. The topological polar surface area (TPSA) is 53.9 Å². The Balaban J connectivity index is 1.66. The molecule has 4 rings (SSSR count). The number of hydrogen-bond acceptors (Lipinski definition) is 3. The predicted molar refractivity (Wildman–Crippen MR) is 87.1 cm³/mol. The van der Waals surface area contributed by atoms with Crippen molar-refractivity contribution in [2.75, 3.05) is 19.6 Å². The number of hydrogen-bond donors (Lipinski definition) is 1. The zero-order chi connectivity index (χ0) is 15.8. The first kappa shape index (κ1) is 14.1. The van der Waals surface area contributed by atoms with Crippen molar-refractivity contribution in [2.24, 2.45) is 0 Å². The molecule has 1 N–H and O–H groups in total. The zero-order valence-corrected chi connectivity index (χ0v) is 12.6. The predicted octanol–water partition coefficient (Wildman–Crippen LogP) is 2.05. The van der Waals surface area contributed by atoms with Gasteiger partial charge in [0.05, 0.1) is 5.52 Å². The number of H-pyrrole nitrogens is 1. The molecule has 23 heavy (non-hydrogen) atoms. The van der Waals surface area contributed by atoms with E-state index in [9.17, 15) is 9.18 Å². The Bertz CT molecular complexity index is 880. The molecule has 118 valence electrons. The van der Waals surface area contributed by atoms with E-state index in [4.69, 9.17) is 0 Å². The monoisotopic (exact) mass is 312 g/mol. The van der Waals surface area contributed by atoms with Gasteiger partial charge in [-0.05, 0) is 11.6 Å². The van der Waals surface area contributed by atoms with Gasteiger partial charge in [-0.2, -0.15) is 0 Å². The van der Waals surface area contributed by atoms with E-state index in [0.717, 1.165) is 16.6 Å². The first-order chi connectivity index (χ1) is 11.2. The van der Waals surface area contributed by atoms with Crippen LogP contribution in [0.4, 0.5) is 4.39 Å². The number of rotatable bonds is 4. The van der Waals surface area contributed by atoms with Gasteiger partial charge in [0.2, 0.25) is 0 Å². The minimum Gasteiger partial charge on any atom is -0.296 e. The number of alkyl halides is 1. The van der Waals surface area contributed by atoms with Gasteiger partial charge >= 0.3 is 5.69 Å². The van der Waals surface area contributed by atoms with Crippen molar-refractivity contribution in [2.45, 2.75) is 12.7 Å². The minimum absolute atomic E-state index is 0.171. The van der Waals surface area contributed by atoms with Crippen molar-refractivity contribution in [3.63, 3.8) is 0 Å². The molecule has 0 saturated carbocycles.